The Hall–Kier alpha value is -0.570. The lowest BCUT2D eigenvalue weighted by molar-refractivity contribution is -0.141. The van der Waals surface area contributed by atoms with Gasteiger partial charge in [-0.05, 0) is 44.4 Å². The van der Waals surface area contributed by atoms with E-state index in [1.54, 1.807) is 0 Å². The summed E-state index contributed by atoms with van der Waals surface area (Å²) in [6, 6.07) is 0.530. The highest BCUT2D eigenvalue weighted by atomic mass is 16.2. The van der Waals surface area contributed by atoms with Gasteiger partial charge in [0.2, 0.25) is 5.91 Å². The second-order valence-corrected chi connectivity index (χ2v) is 5.91. The molecule has 0 aromatic heterocycles. The summed E-state index contributed by atoms with van der Waals surface area (Å²) >= 11 is 0. The number of amides is 1. The molecule has 0 aromatic rings. The molecule has 1 heterocycles. The second-order valence-electron chi connectivity index (χ2n) is 5.91. The third-order valence-corrected chi connectivity index (χ3v) is 4.94. The Balaban J connectivity index is 1.72. The third-order valence-electron chi connectivity index (χ3n) is 4.94. The predicted octanol–water partition coefficient (Wildman–Crippen LogP) is 1.66. The Labute approximate surface area is 97.4 Å². The average molecular weight is 222 g/mol. The van der Waals surface area contributed by atoms with E-state index < -0.39 is 5.54 Å². The summed E-state index contributed by atoms with van der Waals surface area (Å²) in [7, 11) is 0. The van der Waals surface area contributed by atoms with Gasteiger partial charge in [0.25, 0.3) is 0 Å². The fraction of sp³-hybridized carbons (Fsp3) is 0.923. The number of hydrogen-bond donors (Lipinski definition) is 1. The summed E-state index contributed by atoms with van der Waals surface area (Å²) in [5.41, 5.74) is 5.68. The van der Waals surface area contributed by atoms with E-state index in [2.05, 4.69) is 4.90 Å². The van der Waals surface area contributed by atoms with Gasteiger partial charge in [-0.1, -0.05) is 12.8 Å². The molecular formula is C13H22N2O. The lowest BCUT2D eigenvalue weighted by Crippen LogP contribution is -2.60. The van der Waals surface area contributed by atoms with E-state index in [9.17, 15) is 4.79 Å². The summed E-state index contributed by atoms with van der Waals surface area (Å²) in [5, 5.41) is 0. The first kappa shape index (κ1) is 10.6. The highest BCUT2D eigenvalue weighted by Gasteiger charge is 2.47. The van der Waals surface area contributed by atoms with Crippen molar-refractivity contribution in [2.24, 2.45) is 11.7 Å². The number of carbonyl (C=O) groups excluding carboxylic acids is 1. The number of nitrogens with zero attached hydrogens (tertiary/aromatic N) is 1. The van der Waals surface area contributed by atoms with Crippen LogP contribution in [-0.2, 0) is 4.79 Å². The topological polar surface area (TPSA) is 46.3 Å². The minimum absolute atomic E-state index is 0.258. The van der Waals surface area contributed by atoms with Crippen LogP contribution in [0.3, 0.4) is 0 Å². The SMILES string of the molecule is NC1(C(=O)N2CCC3CCCCC32)CCC1. The van der Waals surface area contributed by atoms with Crippen molar-refractivity contribution in [2.45, 2.75) is 62.9 Å². The van der Waals surface area contributed by atoms with Crippen LogP contribution in [0.15, 0.2) is 0 Å². The molecule has 1 amide bonds. The molecule has 3 heteroatoms. The van der Waals surface area contributed by atoms with Gasteiger partial charge in [-0.2, -0.15) is 0 Å². The molecule has 0 radical (unpaired) electrons. The van der Waals surface area contributed by atoms with Gasteiger partial charge < -0.3 is 10.6 Å². The van der Waals surface area contributed by atoms with Crippen molar-refractivity contribution in [3.63, 3.8) is 0 Å². The normalized spacial score (nSPS) is 36.7. The van der Waals surface area contributed by atoms with Gasteiger partial charge in [0.05, 0.1) is 5.54 Å². The molecule has 3 rings (SSSR count). The number of nitrogens with two attached hydrogens (primary N) is 1. The van der Waals surface area contributed by atoms with Crippen LogP contribution in [0.5, 0.6) is 0 Å². The lowest BCUT2D eigenvalue weighted by Gasteiger charge is -2.42. The fourth-order valence-corrected chi connectivity index (χ4v) is 3.72. The summed E-state index contributed by atoms with van der Waals surface area (Å²) in [5.74, 6) is 1.04. The summed E-state index contributed by atoms with van der Waals surface area (Å²) in [6.07, 6.45) is 9.34. The zero-order valence-electron chi connectivity index (χ0n) is 9.95. The first-order valence-corrected chi connectivity index (χ1v) is 6.81. The maximum Gasteiger partial charge on any atom is 0.242 e. The Bertz CT molecular complexity index is 298. The van der Waals surface area contributed by atoms with Crippen molar-refractivity contribution >= 4 is 5.91 Å². The molecular weight excluding hydrogens is 200 g/mol. The molecule has 2 N–H and O–H groups in total. The smallest absolute Gasteiger partial charge is 0.242 e. The second kappa shape index (κ2) is 3.73. The van der Waals surface area contributed by atoms with Crippen LogP contribution < -0.4 is 5.73 Å². The van der Waals surface area contributed by atoms with Gasteiger partial charge in [0, 0.05) is 12.6 Å². The third kappa shape index (κ3) is 1.48. The minimum atomic E-state index is -0.480. The van der Waals surface area contributed by atoms with Crippen molar-refractivity contribution in [1.82, 2.24) is 4.90 Å². The Morgan fingerprint density at radius 1 is 1.12 bits per heavy atom. The van der Waals surface area contributed by atoms with Gasteiger partial charge in [-0.15, -0.1) is 0 Å². The largest absolute Gasteiger partial charge is 0.338 e. The zero-order chi connectivity index (χ0) is 11.2. The molecule has 90 valence electrons. The molecule has 3 nitrogen and oxygen atoms in total. The fourth-order valence-electron chi connectivity index (χ4n) is 3.72. The summed E-state index contributed by atoms with van der Waals surface area (Å²) < 4.78 is 0. The Morgan fingerprint density at radius 2 is 1.88 bits per heavy atom. The number of rotatable bonds is 1. The molecule has 2 unspecified atom stereocenters. The van der Waals surface area contributed by atoms with Crippen molar-refractivity contribution < 1.29 is 4.79 Å². The van der Waals surface area contributed by atoms with Gasteiger partial charge >= 0.3 is 0 Å². The standard InChI is InChI=1S/C13H22N2O/c14-13(7-3-8-13)12(16)15-9-6-10-4-1-2-5-11(10)15/h10-11H,1-9,14H2. The van der Waals surface area contributed by atoms with Gasteiger partial charge in [0.15, 0.2) is 0 Å². The number of fused-ring (bicyclic) bond motifs is 1. The van der Waals surface area contributed by atoms with Crippen LogP contribution >= 0.6 is 0 Å². The van der Waals surface area contributed by atoms with E-state index >= 15 is 0 Å². The van der Waals surface area contributed by atoms with Gasteiger partial charge in [-0.25, -0.2) is 0 Å². The molecule has 0 aromatic carbocycles. The lowest BCUT2D eigenvalue weighted by atomic mass is 9.76. The number of likely N-dealkylation sites (tertiary alicyclic amines) is 1. The quantitative estimate of drug-likeness (QED) is 0.733. The van der Waals surface area contributed by atoms with E-state index in [1.807, 2.05) is 0 Å². The highest BCUT2D eigenvalue weighted by molar-refractivity contribution is 5.87. The highest BCUT2D eigenvalue weighted by Crippen LogP contribution is 2.39. The van der Waals surface area contributed by atoms with Crippen LogP contribution in [0.4, 0.5) is 0 Å². The van der Waals surface area contributed by atoms with E-state index in [0.29, 0.717) is 6.04 Å². The summed E-state index contributed by atoms with van der Waals surface area (Å²) in [6.45, 7) is 0.965. The minimum Gasteiger partial charge on any atom is -0.338 e. The van der Waals surface area contributed by atoms with Crippen molar-refractivity contribution in [3.05, 3.63) is 0 Å². The van der Waals surface area contributed by atoms with Crippen LogP contribution in [0.1, 0.15) is 51.4 Å². The predicted molar refractivity (Wildman–Crippen MR) is 62.8 cm³/mol. The van der Waals surface area contributed by atoms with Crippen LogP contribution in [-0.4, -0.2) is 28.9 Å². The van der Waals surface area contributed by atoms with Crippen LogP contribution in [0.2, 0.25) is 0 Å². The van der Waals surface area contributed by atoms with Crippen LogP contribution in [0, 0.1) is 5.92 Å². The van der Waals surface area contributed by atoms with Gasteiger partial charge in [0.1, 0.15) is 0 Å². The van der Waals surface area contributed by atoms with E-state index in [1.165, 1.54) is 32.1 Å². The number of carbonyl (C=O) groups is 1. The zero-order valence-corrected chi connectivity index (χ0v) is 9.95. The molecule has 0 spiro atoms. The maximum absolute atomic E-state index is 12.4. The Morgan fingerprint density at radius 3 is 2.56 bits per heavy atom. The van der Waals surface area contributed by atoms with E-state index in [-0.39, 0.29) is 5.91 Å². The molecule has 2 atom stereocenters. The molecule has 3 aliphatic rings. The monoisotopic (exact) mass is 222 g/mol. The number of hydrogen-bond acceptors (Lipinski definition) is 2. The van der Waals surface area contributed by atoms with E-state index in [0.717, 1.165) is 31.7 Å². The molecule has 2 saturated carbocycles. The van der Waals surface area contributed by atoms with E-state index in [4.69, 9.17) is 5.73 Å². The molecule has 2 aliphatic carbocycles. The molecule has 16 heavy (non-hydrogen) atoms. The summed E-state index contributed by atoms with van der Waals surface area (Å²) in [4.78, 5) is 14.5. The van der Waals surface area contributed by atoms with Crippen molar-refractivity contribution in [3.8, 4) is 0 Å². The maximum atomic E-state index is 12.4. The van der Waals surface area contributed by atoms with Gasteiger partial charge in [-0.3, -0.25) is 4.79 Å². The molecule has 0 bridgehead atoms. The molecule has 1 aliphatic heterocycles. The molecule has 3 fully saturated rings. The Kier molecular flexibility index (Phi) is 2.46. The van der Waals surface area contributed by atoms with Crippen LogP contribution in [0.25, 0.3) is 0 Å². The van der Waals surface area contributed by atoms with Crippen molar-refractivity contribution in [1.29, 1.82) is 0 Å². The average Bonchev–Trinajstić information content (AvgIpc) is 2.68. The van der Waals surface area contributed by atoms with Crippen molar-refractivity contribution in [2.75, 3.05) is 6.54 Å². The first-order valence-electron chi connectivity index (χ1n) is 6.81. The first-order chi connectivity index (χ1) is 7.71. The molecule has 1 saturated heterocycles.